The van der Waals surface area contributed by atoms with Gasteiger partial charge in [0.05, 0.1) is 12.1 Å². The van der Waals surface area contributed by atoms with Crippen molar-refractivity contribution >= 4 is 34.8 Å². The highest BCUT2D eigenvalue weighted by molar-refractivity contribution is 7.07. The fraction of sp³-hybridized carbons (Fsp3) is 0.105. The van der Waals surface area contributed by atoms with Crippen molar-refractivity contribution in [3.8, 4) is 5.75 Å². The molecule has 0 aliphatic carbocycles. The summed E-state index contributed by atoms with van der Waals surface area (Å²) in [5.74, 6) is -1.34. The summed E-state index contributed by atoms with van der Waals surface area (Å²) in [5.41, 5.74) is 1.06. The number of esters is 1. The van der Waals surface area contributed by atoms with Gasteiger partial charge < -0.3 is 14.4 Å². The lowest BCUT2D eigenvalue weighted by Crippen LogP contribution is -2.20. The van der Waals surface area contributed by atoms with E-state index < -0.39 is 18.5 Å². The Morgan fingerprint density at radius 2 is 2.00 bits per heavy atom. The molecule has 0 bridgehead atoms. The van der Waals surface area contributed by atoms with Gasteiger partial charge in [-0.25, -0.2) is 4.79 Å². The van der Waals surface area contributed by atoms with Crippen LogP contribution < -0.4 is 4.80 Å². The summed E-state index contributed by atoms with van der Waals surface area (Å²) in [6, 6.07) is 13.1. The van der Waals surface area contributed by atoms with E-state index in [1.807, 2.05) is 23.6 Å². The van der Waals surface area contributed by atoms with Crippen molar-refractivity contribution in [2.75, 3.05) is 6.61 Å². The minimum Gasteiger partial charge on any atom is -0.508 e. The lowest BCUT2D eigenvalue weighted by atomic mass is 10.2. The van der Waals surface area contributed by atoms with E-state index in [4.69, 9.17) is 16.3 Å². The van der Waals surface area contributed by atoms with Crippen LogP contribution in [0.5, 0.6) is 5.75 Å². The monoisotopic (exact) mass is 402 g/mol. The number of aromatic nitrogens is 1. The number of rotatable bonds is 5. The van der Waals surface area contributed by atoms with Crippen molar-refractivity contribution in [2.24, 2.45) is 4.99 Å². The van der Waals surface area contributed by atoms with Gasteiger partial charge in [0.1, 0.15) is 5.75 Å². The Morgan fingerprint density at radius 3 is 2.78 bits per heavy atom. The first-order valence-corrected chi connectivity index (χ1v) is 9.20. The van der Waals surface area contributed by atoms with Gasteiger partial charge in [0.15, 0.2) is 11.4 Å². The van der Waals surface area contributed by atoms with Crippen molar-refractivity contribution in [3.05, 3.63) is 81.1 Å². The lowest BCUT2D eigenvalue weighted by Gasteiger charge is -2.05. The topological polar surface area (TPSA) is 80.9 Å². The summed E-state index contributed by atoms with van der Waals surface area (Å²) in [6.07, 6.45) is 1.80. The Hall–Kier alpha value is -2.90. The largest absolute Gasteiger partial charge is 0.508 e. The van der Waals surface area contributed by atoms with E-state index in [1.165, 1.54) is 35.6 Å². The Labute approximate surface area is 164 Å². The Bertz CT molecular complexity index is 1040. The SMILES string of the molecule is O=C(COC(=O)c1cccc(O)c1)N=c1sccn1Cc1ccccc1Cl. The molecule has 1 heterocycles. The number of phenols is 1. The van der Waals surface area contributed by atoms with Gasteiger partial charge >= 0.3 is 5.97 Å². The number of ether oxygens (including phenoxy) is 1. The van der Waals surface area contributed by atoms with Crippen LogP contribution in [0.3, 0.4) is 0 Å². The van der Waals surface area contributed by atoms with E-state index in [9.17, 15) is 14.7 Å². The highest BCUT2D eigenvalue weighted by Gasteiger charge is 2.11. The number of amides is 1. The molecular weight excluding hydrogens is 388 g/mol. The van der Waals surface area contributed by atoms with Gasteiger partial charge in [-0.2, -0.15) is 4.99 Å². The van der Waals surface area contributed by atoms with E-state index in [-0.39, 0.29) is 11.3 Å². The number of aromatic hydroxyl groups is 1. The highest BCUT2D eigenvalue weighted by Crippen LogP contribution is 2.15. The van der Waals surface area contributed by atoms with Crippen LogP contribution in [0.1, 0.15) is 15.9 Å². The van der Waals surface area contributed by atoms with E-state index in [1.54, 1.807) is 16.8 Å². The molecule has 0 aliphatic heterocycles. The molecule has 3 aromatic rings. The fourth-order valence-electron chi connectivity index (χ4n) is 2.30. The van der Waals surface area contributed by atoms with Crippen LogP contribution in [-0.2, 0) is 16.1 Å². The van der Waals surface area contributed by atoms with Crippen LogP contribution in [0.25, 0.3) is 0 Å². The smallest absolute Gasteiger partial charge is 0.338 e. The van der Waals surface area contributed by atoms with E-state index in [0.29, 0.717) is 16.4 Å². The molecule has 6 nitrogen and oxygen atoms in total. The molecule has 0 atom stereocenters. The number of benzene rings is 2. The molecule has 0 saturated heterocycles. The standard InChI is InChI=1S/C19H15ClN2O4S/c20-16-7-2-1-4-14(16)11-22-8-9-27-19(22)21-17(24)12-26-18(25)13-5-3-6-15(23)10-13/h1-10,23H,11-12H2. The van der Waals surface area contributed by atoms with E-state index in [0.717, 1.165) is 5.56 Å². The molecule has 0 saturated carbocycles. The summed E-state index contributed by atoms with van der Waals surface area (Å²) in [7, 11) is 0. The Kier molecular flexibility index (Phi) is 6.05. The number of carbonyl (C=O) groups is 2. The molecule has 0 spiro atoms. The zero-order chi connectivity index (χ0) is 19.2. The number of phenolic OH excluding ortho intramolecular Hbond substituents is 1. The Morgan fingerprint density at radius 1 is 1.19 bits per heavy atom. The van der Waals surface area contributed by atoms with Gasteiger partial charge in [0.2, 0.25) is 0 Å². The second kappa shape index (κ2) is 8.66. The van der Waals surface area contributed by atoms with Crippen molar-refractivity contribution in [3.63, 3.8) is 0 Å². The molecule has 27 heavy (non-hydrogen) atoms. The highest BCUT2D eigenvalue weighted by atomic mass is 35.5. The van der Waals surface area contributed by atoms with Gasteiger partial charge in [-0.3, -0.25) is 4.79 Å². The fourth-order valence-corrected chi connectivity index (χ4v) is 3.24. The van der Waals surface area contributed by atoms with Crippen LogP contribution in [0.2, 0.25) is 5.02 Å². The second-order valence-electron chi connectivity index (χ2n) is 5.54. The van der Waals surface area contributed by atoms with Gasteiger partial charge in [-0.15, -0.1) is 11.3 Å². The summed E-state index contributed by atoms with van der Waals surface area (Å²) < 4.78 is 6.74. The zero-order valence-corrected chi connectivity index (χ0v) is 15.6. The maximum atomic E-state index is 12.1. The van der Waals surface area contributed by atoms with Gasteiger partial charge in [-0.05, 0) is 29.8 Å². The molecule has 3 rings (SSSR count). The molecule has 2 aromatic carbocycles. The third kappa shape index (κ3) is 5.06. The molecule has 0 unspecified atom stereocenters. The third-order valence-electron chi connectivity index (χ3n) is 3.59. The third-order valence-corrected chi connectivity index (χ3v) is 4.75. The number of hydrogen-bond acceptors (Lipinski definition) is 5. The molecule has 8 heteroatoms. The van der Waals surface area contributed by atoms with Crippen molar-refractivity contribution in [1.29, 1.82) is 0 Å². The average molecular weight is 403 g/mol. The number of thiazole rings is 1. The molecule has 0 radical (unpaired) electrons. The average Bonchev–Trinajstić information content (AvgIpc) is 3.08. The molecule has 1 aromatic heterocycles. The van der Waals surface area contributed by atoms with Gasteiger partial charge in [0, 0.05) is 16.6 Å². The maximum absolute atomic E-state index is 12.1. The number of hydrogen-bond donors (Lipinski definition) is 1. The number of carbonyl (C=O) groups excluding carboxylic acids is 2. The number of halogens is 1. The van der Waals surface area contributed by atoms with Crippen LogP contribution in [0.4, 0.5) is 0 Å². The minimum absolute atomic E-state index is 0.0559. The van der Waals surface area contributed by atoms with Crippen LogP contribution in [0.15, 0.2) is 65.1 Å². The molecule has 0 fully saturated rings. The lowest BCUT2D eigenvalue weighted by molar-refractivity contribution is -0.121. The minimum atomic E-state index is -0.704. The van der Waals surface area contributed by atoms with Crippen molar-refractivity contribution < 1.29 is 19.4 Å². The Balaban J connectivity index is 1.67. The predicted octanol–water partition coefficient (Wildman–Crippen LogP) is 3.24. The first kappa shape index (κ1) is 18.9. The van der Waals surface area contributed by atoms with Crippen LogP contribution >= 0.6 is 22.9 Å². The van der Waals surface area contributed by atoms with E-state index in [2.05, 4.69) is 4.99 Å². The number of nitrogens with zero attached hydrogens (tertiary/aromatic N) is 2. The molecule has 0 aliphatic rings. The van der Waals surface area contributed by atoms with Crippen molar-refractivity contribution in [1.82, 2.24) is 4.57 Å². The van der Waals surface area contributed by atoms with Gasteiger partial charge in [0.25, 0.3) is 5.91 Å². The molecule has 138 valence electrons. The predicted molar refractivity (Wildman–Crippen MR) is 102 cm³/mol. The van der Waals surface area contributed by atoms with E-state index >= 15 is 0 Å². The van der Waals surface area contributed by atoms with Crippen molar-refractivity contribution in [2.45, 2.75) is 6.54 Å². The zero-order valence-electron chi connectivity index (χ0n) is 14.0. The first-order valence-electron chi connectivity index (χ1n) is 7.94. The maximum Gasteiger partial charge on any atom is 0.338 e. The molecule has 1 amide bonds. The summed E-state index contributed by atoms with van der Waals surface area (Å²) >= 11 is 7.46. The molecule has 1 N–H and O–H groups in total. The summed E-state index contributed by atoms with van der Waals surface area (Å²) in [4.78, 5) is 28.4. The van der Waals surface area contributed by atoms with Crippen LogP contribution in [-0.4, -0.2) is 28.2 Å². The normalized spacial score (nSPS) is 11.4. The summed E-state index contributed by atoms with van der Waals surface area (Å²) in [6.45, 7) is -0.0170. The molecular formula is C19H15ClN2O4S. The first-order chi connectivity index (χ1) is 13.0. The quantitative estimate of drug-likeness (QED) is 0.664. The van der Waals surface area contributed by atoms with Gasteiger partial charge in [-0.1, -0.05) is 35.9 Å². The second-order valence-corrected chi connectivity index (χ2v) is 6.82. The summed E-state index contributed by atoms with van der Waals surface area (Å²) in [5, 5.41) is 11.8. The van der Waals surface area contributed by atoms with Crippen LogP contribution in [0, 0.1) is 0 Å².